The third-order valence-electron chi connectivity index (χ3n) is 4.35. The minimum Gasteiger partial charge on any atom is -0.0651 e. The zero-order chi connectivity index (χ0) is 8.55. The molecule has 2 saturated carbocycles. The van der Waals surface area contributed by atoms with Gasteiger partial charge in [-0.1, -0.05) is 26.7 Å². The molecule has 0 aromatic heterocycles. The lowest BCUT2D eigenvalue weighted by Gasteiger charge is -2.32. The summed E-state index contributed by atoms with van der Waals surface area (Å²) < 4.78 is 0. The third kappa shape index (κ3) is 1.41. The van der Waals surface area contributed by atoms with Crippen LogP contribution >= 0.6 is 0 Å². The van der Waals surface area contributed by atoms with Gasteiger partial charge in [-0.05, 0) is 49.4 Å². The van der Waals surface area contributed by atoms with Crippen LogP contribution in [0.3, 0.4) is 0 Å². The van der Waals surface area contributed by atoms with E-state index in [0.717, 1.165) is 23.7 Å². The van der Waals surface area contributed by atoms with Crippen LogP contribution in [0, 0.1) is 23.7 Å². The molecule has 0 radical (unpaired) electrons. The van der Waals surface area contributed by atoms with Crippen LogP contribution < -0.4 is 0 Å². The zero-order valence-corrected chi connectivity index (χ0v) is 8.55. The highest BCUT2D eigenvalue weighted by Crippen LogP contribution is 2.48. The molecule has 70 valence electrons. The number of fused-ring (bicyclic) bond motifs is 1. The van der Waals surface area contributed by atoms with Gasteiger partial charge in [0.1, 0.15) is 0 Å². The second-order valence-corrected chi connectivity index (χ2v) is 5.09. The third-order valence-corrected chi connectivity index (χ3v) is 4.35. The summed E-state index contributed by atoms with van der Waals surface area (Å²) in [7, 11) is 0. The Morgan fingerprint density at radius 1 is 1.08 bits per heavy atom. The molecule has 0 saturated heterocycles. The minimum atomic E-state index is 1.03. The molecule has 0 heterocycles. The van der Waals surface area contributed by atoms with Crippen LogP contribution in [0.4, 0.5) is 0 Å². The van der Waals surface area contributed by atoms with Gasteiger partial charge in [0.05, 0.1) is 0 Å². The van der Waals surface area contributed by atoms with Crippen molar-refractivity contribution < 1.29 is 0 Å². The highest BCUT2D eigenvalue weighted by Gasteiger charge is 2.37. The number of hydrogen-bond donors (Lipinski definition) is 0. The minimum absolute atomic E-state index is 1.03. The summed E-state index contributed by atoms with van der Waals surface area (Å²) in [5, 5.41) is 0. The molecule has 2 aliphatic rings. The molecule has 0 aliphatic heterocycles. The summed E-state index contributed by atoms with van der Waals surface area (Å²) in [6, 6.07) is 0. The van der Waals surface area contributed by atoms with Gasteiger partial charge in [0.2, 0.25) is 0 Å². The second-order valence-electron chi connectivity index (χ2n) is 5.09. The van der Waals surface area contributed by atoms with Crippen molar-refractivity contribution in [2.75, 3.05) is 0 Å². The molecule has 0 aromatic rings. The first kappa shape index (κ1) is 8.59. The van der Waals surface area contributed by atoms with Crippen molar-refractivity contribution in [2.45, 2.75) is 52.4 Å². The van der Waals surface area contributed by atoms with Crippen molar-refractivity contribution in [1.82, 2.24) is 0 Å². The van der Waals surface area contributed by atoms with Crippen molar-refractivity contribution >= 4 is 0 Å². The Hall–Kier alpha value is 0. The fourth-order valence-corrected chi connectivity index (χ4v) is 3.57. The van der Waals surface area contributed by atoms with Gasteiger partial charge in [0.15, 0.2) is 0 Å². The number of hydrogen-bond acceptors (Lipinski definition) is 0. The van der Waals surface area contributed by atoms with Gasteiger partial charge in [-0.2, -0.15) is 0 Å². The molecule has 4 atom stereocenters. The van der Waals surface area contributed by atoms with E-state index in [1.165, 1.54) is 12.8 Å². The lowest BCUT2D eigenvalue weighted by atomic mass is 9.73. The second kappa shape index (κ2) is 3.40. The van der Waals surface area contributed by atoms with Crippen LogP contribution in [0.15, 0.2) is 0 Å². The van der Waals surface area contributed by atoms with Gasteiger partial charge in [0, 0.05) is 0 Å². The van der Waals surface area contributed by atoms with E-state index >= 15 is 0 Å². The molecule has 0 amide bonds. The van der Waals surface area contributed by atoms with Crippen molar-refractivity contribution in [3.63, 3.8) is 0 Å². The van der Waals surface area contributed by atoms with Gasteiger partial charge < -0.3 is 0 Å². The SMILES string of the molecule is CC[C@H]1CCC2CC[C@@H](C)CC21. The smallest absolute Gasteiger partial charge is 0.0355 e. The molecule has 0 N–H and O–H groups in total. The molecular formula is C12H22. The summed E-state index contributed by atoms with van der Waals surface area (Å²) in [5.41, 5.74) is 0. The van der Waals surface area contributed by atoms with E-state index in [1.807, 2.05) is 0 Å². The predicted octanol–water partition coefficient (Wildman–Crippen LogP) is 3.86. The lowest BCUT2D eigenvalue weighted by Crippen LogP contribution is -2.23. The molecule has 0 spiro atoms. The zero-order valence-electron chi connectivity index (χ0n) is 8.55. The molecule has 2 aliphatic carbocycles. The van der Waals surface area contributed by atoms with E-state index in [2.05, 4.69) is 13.8 Å². The van der Waals surface area contributed by atoms with Crippen molar-refractivity contribution in [3.8, 4) is 0 Å². The first-order valence-corrected chi connectivity index (χ1v) is 5.81. The normalized spacial score (nSPS) is 47.5. The molecule has 12 heavy (non-hydrogen) atoms. The van der Waals surface area contributed by atoms with Gasteiger partial charge in [-0.15, -0.1) is 0 Å². The van der Waals surface area contributed by atoms with Gasteiger partial charge >= 0.3 is 0 Å². The van der Waals surface area contributed by atoms with E-state index in [4.69, 9.17) is 0 Å². The Bertz CT molecular complexity index is 144. The summed E-state index contributed by atoms with van der Waals surface area (Å²) in [4.78, 5) is 0. The van der Waals surface area contributed by atoms with E-state index in [0.29, 0.717) is 0 Å². The van der Waals surface area contributed by atoms with E-state index < -0.39 is 0 Å². The first-order chi connectivity index (χ1) is 5.81. The largest absolute Gasteiger partial charge is 0.0651 e. The average Bonchev–Trinajstić information content (AvgIpc) is 2.46. The summed E-state index contributed by atoms with van der Waals surface area (Å²) in [6.07, 6.45) is 9.13. The van der Waals surface area contributed by atoms with Crippen LogP contribution in [0.25, 0.3) is 0 Å². The van der Waals surface area contributed by atoms with Crippen molar-refractivity contribution in [2.24, 2.45) is 23.7 Å². The quantitative estimate of drug-likeness (QED) is 0.555. The fourth-order valence-electron chi connectivity index (χ4n) is 3.57. The van der Waals surface area contributed by atoms with E-state index in [1.54, 1.807) is 25.7 Å². The Balaban J connectivity index is 2.00. The highest BCUT2D eigenvalue weighted by atomic mass is 14.4. The summed E-state index contributed by atoms with van der Waals surface area (Å²) >= 11 is 0. The van der Waals surface area contributed by atoms with Gasteiger partial charge in [0.25, 0.3) is 0 Å². The Labute approximate surface area is 76.7 Å². The van der Waals surface area contributed by atoms with Crippen LogP contribution in [0.1, 0.15) is 52.4 Å². The lowest BCUT2D eigenvalue weighted by molar-refractivity contribution is 0.179. The fraction of sp³-hybridized carbons (Fsp3) is 1.00. The standard InChI is InChI=1S/C12H22/c1-3-10-6-7-11-5-4-9(2)8-12(10)11/h9-12H,3-8H2,1-2H3/t9-,10+,11?,12?/m1/s1. The first-order valence-electron chi connectivity index (χ1n) is 5.81. The van der Waals surface area contributed by atoms with Crippen LogP contribution in [0.2, 0.25) is 0 Å². The maximum atomic E-state index is 2.45. The van der Waals surface area contributed by atoms with Gasteiger partial charge in [-0.25, -0.2) is 0 Å². The topological polar surface area (TPSA) is 0 Å². The molecular weight excluding hydrogens is 144 g/mol. The van der Waals surface area contributed by atoms with Crippen molar-refractivity contribution in [1.29, 1.82) is 0 Å². The molecule has 0 bridgehead atoms. The summed E-state index contributed by atoms with van der Waals surface area (Å²) in [5.74, 6) is 4.38. The molecule has 0 aromatic carbocycles. The Morgan fingerprint density at radius 3 is 2.58 bits per heavy atom. The molecule has 2 rings (SSSR count). The molecule has 0 heteroatoms. The predicted molar refractivity (Wildman–Crippen MR) is 53.0 cm³/mol. The van der Waals surface area contributed by atoms with Crippen LogP contribution in [0.5, 0.6) is 0 Å². The number of rotatable bonds is 1. The molecule has 0 nitrogen and oxygen atoms in total. The molecule has 2 unspecified atom stereocenters. The monoisotopic (exact) mass is 166 g/mol. The van der Waals surface area contributed by atoms with Crippen molar-refractivity contribution in [3.05, 3.63) is 0 Å². The highest BCUT2D eigenvalue weighted by molar-refractivity contribution is 4.88. The molecule has 2 fully saturated rings. The van der Waals surface area contributed by atoms with Crippen LogP contribution in [-0.4, -0.2) is 0 Å². The van der Waals surface area contributed by atoms with E-state index in [9.17, 15) is 0 Å². The average molecular weight is 166 g/mol. The maximum absolute atomic E-state index is 2.45. The maximum Gasteiger partial charge on any atom is -0.0355 e. The Morgan fingerprint density at radius 2 is 1.83 bits per heavy atom. The van der Waals surface area contributed by atoms with Gasteiger partial charge in [-0.3, -0.25) is 0 Å². The Kier molecular flexibility index (Phi) is 2.43. The van der Waals surface area contributed by atoms with Crippen LogP contribution in [-0.2, 0) is 0 Å². The summed E-state index contributed by atoms with van der Waals surface area (Å²) in [6.45, 7) is 4.83. The van der Waals surface area contributed by atoms with E-state index in [-0.39, 0.29) is 0 Å².